The summed E-state index contributed by atoms with van der Waals surface area (Å²) in [6.07, 6.45) is 0. The summed E-state index contributed by atoms with van der Waals surface area (Å²) in [5.74, 6) is 0.495. The first-order valence-electron chi connectivity index (χ1n) is 11.5. The van der Waals surface area contributed by atoms with Gasteiger partial charge in [0, 0.05) is 11.3 Å². The van der Waals surface area contributed by atoms with Gasteiger partial charge in [0.25, 0.3) is 11.1 Å². The number of aromatic nitrogens is 2. The molecule has 0 saturated heterocycles. The highest BCUT2D eigenvalue weighted by atomic mass is 35.5. The van der Waals surface area contributed by atoms with E-state index in [1.165, 1.54) is 4.90 Å². The molecule has 0 radical (unpaired) electrons. The number of carbonyl (C=O) groups is 2. The van der Waals surface area contributed by atoms with Crippen LogP contribution in [0, 0.1) is 18.3 Å². The number of nitrogens with zero attached hydrogens (tertiary/aromatic N) is 4. The third-order valence-electron chi connectivity index (χ3n) is 5.79. The molecule has 0 spiro atoms. The SMILES string of the molecule is Cc1ccccc1OCC(=O)N(c1ccc(-c2nc3nc(C#N)ccc3o2)cc1)c1ccccc1C(=O)Cl. The predicted octanol–water partition coefficient (Wildman–Crippen LogP) is 6.19. The van der Waals surface area contributed by atoms with Crippen molar-refractivity contribution in [3.8, 4) is 23.3 Å². The standard InChI is InChI=1S/C29H19ClN4O4/c1-18-6-2-5-9-24(18)37-17-26(35)34(23-8-4-3-7-22(23)27(30)36)21-13-10-19(11-14-21)29-33-28-25(38-29)15-12-20(16-31)32-28/h2-15H,17H2,1H3. The zero-order chi connectivity index (χ0) is 26.6. The molecule has 3 aromatic carbocycles. The van der Waals surface area contributed by atoms with E-state index in [9.17, 15) is 9.59 Å². The van der Waals surface area contributed by atoms with Gasteiger partial charge >= 0.3 is 0 Å². The number of anilines is 2. The Hall–Kier alpha value is -5.00. The number of halogens is 1. The monoisotopic (exact) mass is 522 g/mol. The van der Waals surface area contributed by atoms with Crippen LogP contribution in [0.25, 0.3) is 22.7 Å². The van der Waals surface area contributed by atoms with Gasteiger partial charge in [0.2, 0.25) is 5.89 Å². The van der Waals surface area contributed by atoms with E-state index in [1.807, 2.05) is 31.2 Å². The van der Waals surface area contributed by atoms with Gasteiger partial charge in [0.05, 0.1) is 11.3 Å². The molecule has 186 valence electrons. The van der Waals surface area contributed by atoms with Crippen LogP contribution in [-0.4, -0.2) is 27.7 Å². The van der Waals surface area contributed by atoms with Crippen molar-refractivity contribution in [3.05, 3.63) is 102 Å². The lowest BCUT2D eigenvalue weighted by molar-refractivity contribution is -0.119. The molecule has 0 N–H and O–H groups in total. The van der Waals surface area contributed by atoms with Crippen molar-refractivity contribution in [2.24, 2.45) is 0 Å². The highest BCUT2D eigenvalue weighted by Crippen LogP contribution is 2.32. The highest BCUT2D eigenvalue weighted by molar-refractivity contribution is 6.68. The molecule has 5 rings (SSSR count). The third-order valence-corrected chi connectivity index (χ3v) is 5.99. The molecular weight excluding hydrogens is 504 g/mol. The second kappa shape index (κ2) is 10.5. The topological polar surface area (TPSA) is 109 Å². The summed E-state index contributed by atoms with van der Waals surface area (Å²) >= 11 is 5.85. The van der Waals surface area contributed by atoms with Crippen LogP contribution in [0.4, 0.5) is 11.4 Å². The number of ether oxygens (including phenoxy) is 1. The normalized spacial score (nSPS) is 10.7. The van der Waals surface area contributed by atoms with E-state index in [1.54, 1.807) is 66.7 Å². The number of oxazole rings is 1. The summed E-state index contributed by atoms with van der Waals surface area (Å²) in [4.78, 5) is 35.6. The van der Waals surface area contributed by atoms with Crippen molar-refractivity contribution >= 4 is 45.4 Å². The zero-order valence-electron chi connectivity index (χ0n) is 20.1. The van der Waals surface area contributed by atoms with Gasteiger partial charge in [-0.2, -0.15) is 10.2 Å². The van der Waals surface area contributed by atoms with Crippen LogP contribution >= 0.6 is 11.6 Å². The molecule has 2 heterocycles. The molecule has 9 heteroatoms. The Morgan fingerprint density at radius 1 is 0.974 bits per heavy atom. The molecule has 38 heavy (non-hydrogen) atoms. The van der Waals surface area contributed by atoms with Crippen LogP contribution in [0.2, 0.25) is 0 Å². The second-order valence-electron chi connectivity index (χ2n) is 8.27. The van der Waals surface area contributed by atoms with Crippen LogP contribution in [0.1, 0.15) is 21.6 Å². The number of hydrogen-bond acceptors (Lipinski definition) is 7. The fourth-order valence-corrected chi connectivity index (χ4v) is 4.09. The molecule has 0 saturated carbocycles. The van der Waals surface area contributed by atoms with E-state index in [2.05, 4.69) is 9.97 Å². The Morgan fingerprint density at radius 3 is 2.45 bits per heavy atom. The summed E-state index contributed by atoms with van der Waals surface area (Å²) in [6.45, 7) is 1.62. The molecule has 0 unspecified atom stereocenters. The average Bonchev–Trinajstić information content (AvgIpc) is 3.37. The number of carbonyl (C=O) groups excluding carboxylic acids is 2. The lowest BCUT2D eigenvalue weighted by Crippen LogP contribution is -2.32. The molecule has 0 bridgehead atoms. The molecule has 1 amide bonds. The van der Waals surface area contributed by atoms with E-state index in [4.69, 9.17) is 26.0 Å². The van der Waals surface area contributed by atoms with Crippen molar-refractivity contribution in [1.82, 2.24) is 9.97 Å². The van der Waals surface area contributed by atoms with Crippen molar-refractivity contribution in [2.75, 3.05) is 11.5 Å². The van der Waals surface area contributed by atoms with E-state index in [-0.39, 0.29) is 17.9 Å². The Bertz CT molecular complexity index is 1710. The fourth-order valence-electron chi connectivity index (χ4n) is 3.93. The number of nitriles is 1. The van der Waals surface area contributed by atoms with Crippen LogP contribution in [0.15, 0.2) is 89.3 Å². The van der Waals surface area contributed by atoms with Gasteiger partial charge in [-0.3, -0.25) is 14.5 Å². The molecule has 8 nitrogen and oxygen atoms in total. The van der Waals surface area contributed by atoms with Crippen LogP contribution < -0.4 is 9.64 Å². The van der Waals surface area contributed by atoms with Gasteiger partial charge < -0.3 is 9.15 Å². The molecule has 2 aromatic heterocycles. The number of hydrogen-bond donors (Lipinski definition) is 0. The van der Waals surface area contributed by atoms with Gasteiger partial charge in [0.15, 0.2) is 17.8 Å². The molecule has 0 atom stereocenters. The van der Waals surface area contributed by atoms with Gasteiger partial charge in [0.1, 0.15) is 17.5 Å². The van der Waals surface area contributed by atoms with Crippen molar-refractivity contribution < 1.29 is 18.7 Å². The van der Waals surface area contributed by atoms with Gasteiger partial charge in [-0.15, -0.1) is 0 Å². The summed E-state index contributed by atoms with van der Waals surface area (Å²) in [6, 6.07) is 26.0. The fraction of sp³-hybridized carbons (Fsp3) is 0.0690. The first-order valence-corrected chi connectivity index (χ1v) is 11.9. The minimum absolute atomic E-state index is 0.181. The Balaban J connectivity index is 1.49. The molecular formula is C29H19ClN4O4. The average molecular weight is 523 g/mol. The number of fused-ring (bicyclic) bond motifs is 1. The largest absolute Gasteiger partial charge is 0.483 e. The number of para-hydroxylation sites is 2. The molecule has 0 aliphatic heterocycles. The summed E-state index contributed by atoms with van der Waals surface area (Å²) in [7, 11) is 0. The van der Waals surface area contributed by atoms with E-state index < -0.39 is 11.1 Å². The Kier molecular flexibility index (Phi) is 6.85. The van der Waals surface area contributed by atoms with Crippen molar-refractivity contribution in [2.45, 2.75) is 6.92 Å². The third kappa shape index (κ3) is 4.96. The van der Waals surface area contributed by atoms with Crippen molar-refractivity contribution in [1.29, 1.82) is 5.26 Å². The second-order valence-corrected chi connectivity index (χ2v) is 8.61. The molecule has 0 fully saturated rings. The first kappa shape index (κ1) is 24.7. The number of amides is 1. The maximum absolute atomic E-state index is 13.5. The number of rotatable bonds is 7. The molecule has 0 aliphatic carbocycles. The summed E-state index contributed by atoms with van der Waals surface area (Å²) in [5.41, 5.74) is 3.53. The lowest BCUT2D eigenvalue weighted by atomic mass is 10.1. The van der Waals surface area contributed by atoms with Crippen LogP contribution in [0.5, 0.6) is 5.75 Å². The van der Waals surface area contributed by atoms with Crippen LogP contribution in [0.3, 0.4) is 0 Å². The van der Waals surface area contributed by atoms with Gasteiger partial charge in [-0.1, -0.05) is 30.3 Å². The molecule has 5 aromatic rings. The van der Waals surface area contributed by atoms with E-state index >= 15 is 0 Å². The lowest BCUT2D eigenvalue weighted by Gasteiger charge is -2.25. The van der Waals surface area contributed by atoms with Gasteiger partial charge in [-0.05, 0) is 78.7 Å². The van der Waals surface area contributed by atoms with Crippen LogP contribution in [-0.2, 0) is 4.79 Å². The van der Waals surface area contributed by atoms with Crippen molar-refractivity contribution in [3.63, 3.8) is 0 Å². The number of aryl methyl sites for hydroxylation is 1. The van der Waals surface area contributed by atoms with E-state index in [0.29, 0.717) is 39.8 Å². The first-order chi connectivity index (χ1) is 18.4. The number of benzene rings is 3. The summed E-state index contributed by atoms with van der Waals surface area (Å²) < 4.78 is 11.6. The van der Waals surface area contributed by atoms with Gasteiger partial charge in [-0.25, -0.2) is 4.98 Å². The van der Waals surface area contributed by atoms with E-state index in [0.717, 1.165) is 5.56 Å². The maximum Gasteiger partial charge on any atom is 0.269 e. The minimum atomic E-state index is -0.689. The highest BCUT2D eigenvalue weighted by Gasteiger charge is 2.24. The molecule has 0 aliphatic rings. The smallest absolute Gasteiger partial charge is 0.269 e. The number of pyridine rings is 1. The summed E-state index contributed by atoms with van der Waals surface area (Å²) in [5, 5.41) is 8.38. The maximum atomic E-state index is 13.5. The Morgan fingerprint density at radius 2 is 1.71 bits per heavy atom. The predicted molar refractivity (Wildman–Crippen MR) is 142 cm³/mol. The zero-order valence-corrected chi connectivity index (χ0v) is 20.8. The quantitative estimate of drug-likeness (QED) is 0.234. The minimum Gasteiger partial charge on any atom is -0.483 e. The Labute approximate surface area is 222 Å².